The van der Waals surface area contributed by atoms with Gasteiger partial charge in [0.25, 0.3) is 5.55 Å². The number of hydrogen-bond donors (Lipinski definition) is 0. The molecule has 0 saturated heterocycles. The van der Waals surface area contributed by atoms with E-state index in [0.717, 1.165) is 0 Å². The molecule has 0 amide bonds. The summed E-state index contributed by atoms with van der Waals surface area (Å²) in [6.07, 6.45) is -12.4. The maximum atomic E-state index is 13.6. The van der Waals surface area contributed by atoms with Crippen molar-refractivity contribution in [1.82, 2.24) is 0 Å². The highest BCUT2D eigenvalue weighted by Gasteiger charge is 2.98. The lowest BCUT2D eigenvalue weighted by molar-refractivity contribution is -0.474. The molecule has 27 heteroatoms. The highest BCUT2D eigenvalue weighted by atomic mass is 35.8. The molecule has 0 saturated carbocycles. The van der Waals surface area contributed by atoms with Gasteiger partial charge in [-0.1, -0.05) is 0 Å². The molecule has 0 spiro atoms. The van der Waals surface area contributed by atoms with E-state index in [2.05, 4.69) is 33.2 Å². The molecule has 0 heterocycles. The second kappa shape index (κ2) is 9.49. The molecule has 0 rings (SSSR count). The van der Waals surface area contributed by atoms with E-state index in [-0.39, 0.29) is 0 Å². The fraction of sp³-hybridized carbons (Fsp3) is 1.00. The molecule has 0 aromatic rings. The van der Waals surface area contributed by atoms with Gasteiger partial charge in [-0.2, -0.15) is 92.2 Å². The fourth-order valence-corrected chi connectivity index (χ4v) is 3.10. The predicted molar refractivity (Wildman–Crippen MR) is 83.5 cm³/mol. The van der Waals surface area contributed by atoms with Crippen LogP contribution in [0.5, 0.6) is 0 Å². The maximum Gasteiger partial charge on any atom is 0.460 e. The summed E-state index contributed by atoms with van der Waals surface area (Å²) in [6, 6.07) is -6.10. The second-order valence-electron chi connectivity index (χ2n) is 7.18. The summed E-state index contributed by atoms with van der Waals surface area (Å²) in [5.41, 5.74) is -5.87. The third-order valence-electron chi connectivity index (χ3n) is 4.43. The topological polar surface area (TPSA) is 0 Å². The van der Waals surface area contributed by atoms with Crippen molar-refractivity contribution >= 4 is 39.2 Å². The lowest BCUT2D eigenvalue weighted by atomic mass is 9.86. The number of hydrogen-bond acceptors (Lipinski definition) is 0. The summed E-state index contributed by atoms with van der Waals surface area (Å²) in [4.78, 5) is 0. The normalized spacial score (nSPS) is 17.1. The fourth-order valence-electron chi connectivity index (χ4n) is 2.08. The Balaban J connectivity index is 7.11. The van der Waals surface area contributed by atoms with E-state index in [4.69, 9.17) is 0 Å². The van der Waals surface area contributed by atoms with Gasteiger partial charge in [0.1, 0.15) is 0 Å². The molecule has 0 nitrogen and oxygen atoms in total. The highest BCUT2D eigenvalue weighted by Crippen LogP contribution is 2.66. The Hall–Kier alpha value is -0.523. The molecule has 236 valence electrons. The lowest BCUT2D eigenvalue weighted by Gasteiger charge is -2.44. The summed E-state index contributed by atoms with van der Waals surface area (Å²) in [7, 11) is 0. The minimum Gasteiger partial charge on any atom is -0.207 e. The van der Waals surface area contributed by atoms with Crippen LogP contribution in [0.1, 0.15) is 6.42 Å². The van der Waals surface area contributed by atoms with Crippen molar-refractivity contribution in [2.45, 2.75) is 71.4 Å². The van der Waals surface area contributed by atoms with E-state index in [9.17, 15) is 101 Å². The molecule has 0 aromatic carbocycles. The van der Waals surface area contributed by atoms with E-state index in [1.165, 1.54) is 0 Å². The standard InChI is InChI=1S/C12H2Cl3F23Si/c13-39(14,15)3(18,19)1-2(16,17)4(20,21)5(22,23)6(24,25)7(26,27)8(28,29)9(30,31)10(32,33)11(34,35)12(36,37)38/h1H2. The quantitative estimate of drug-likeness (QED) is 0.114. The number of rotatable bonds is 11. The number of alkyl halides is 23. The summed E-state index contributed by atoms with van der Waals surface area (Å²) in [6.45, 7) is 0. The van der Waals surface area contributed by atoms with Crippen molar-refractivity contribution in [2.24, 2.45) is 0 Å². The molecule has 0 fully saturated rings. The van der Waals surface area contributed by atoms with E-state index in [0.29, 0.717) is 0 Å². The molecule has 0 unspecified atom stereocenters. The first-order valence-corrected chi connectivity index (χ1v) is 13.2. The average Bonchev–Trinajstić information content (AvgIpc) is 2.63. The minimum absolute atomic E-state index is 4.28. The average molecular weight is 718 g/mol. The third-order valence-corrected chi connectivity index (χ3v) is 7.93. The molecule has 0 bridgehead atoms. The number of halogens is 26. The van der Waals surface area contributed by atoms with E-state index < -0.39 is 77.4 Å². The zero-order valence-electron chi connectivity index (χ0n) is 16.5. The van der Waals surface area contributed by atoms with Crippen LogP contribution in [0.25, 0.3) is 0 Å². The minimum atomic E-state index is -9.37. The lowest BCUT2D eigenvalue weighted by Crippen LogP contribution is -2.77. The molecule has 0 aliphatic heterocycles. The largest absolute Gasteiger partial charge is 0.460 e. The summed E-state index contributed by atoms with van der Waals surface area (Å²) in [5, 5.41) is 0. The van der Waals surface area contributed by atoms with Crippen LogP contribution in [0.4, 0.5) is 101 Å². The first kappa shape index (κ1) is 38.5. The van der Waals surface area contributed by atoms with Gasteiger partial charge in [0.05, 0.1) is 6.42 Å². The Morgan fingerprint density at radius 1 is 0.333 bits per heavy atom. The summed E-state index contributed by atoms with van der Waals surface area (Å²) < 4.78 is 303. The van der Waals surface area contributed by atoms with Gasteiger partial charge in [0.2, 0.25) is 0 Å². The van der Waals surface area contributed by atoms with Crippen LogP contribution in [0.3, 0.4) is 0 Å². The van der Waals surface area contributed by atoms with E-state index in [1.54, 1.807) is 0 Å². The van der Waals surface area contributed by atoms with Gasteiger partial charge < -0.3 is 0 Å². The van der Waals surface area contributed by atoms with Gasteiger partial charge in [0, 0.05) is 0 Å². The van der Waals surface area contributed by atoms with E-state index in [1.807, 2.05) is 0 Å². The first-order valence-electron chi connectivity index (χ1n) is 8.12. The van der Waals surface area contributed by atoms with Crippen molar-refractivity contribution in [3.63, 3.8) is 0 Å². The van der Waals surface area contributed by atoms with Gasteiger partial charge in [-0.25, -0.2) is 8.78 Å². The monoisotopic (exact) mass is 716 g/mol. The van der Waals surface area contributed by atoms with Crippen LogP contribution < -0.4 is 0 Å². The SMILES string of the molecule is FC(F)(F)C(F)(F)C(F)(F)C(F)(F)C(F)(F)C(F)(F)C(F)(F)C(F)(F)C(F)(F)C(F)(F)CC(F)(F)[Si](Cl)(Cl)Cl. The van der Waals surface area contributed by atoms with Gasteiger partial charge in [0.15, 0.2) is 0 Å². The molecule has 0 aromatic heterocycles. The zero-order chi connectivity index (χ0) is 32.7. The molecule has 0 N–H and O–H groups in total. The smallest absolute Gasteiger partial charge is 0.207 e. The van der Waals surface area contributed by atoms with Crippen molar-refractivity contribution in [1.29, 1.82) is 0 Å². The van der Waals surface area contributed by atoms with Crippen molar-refractivity contribution in [2.75, 3.05) is 0 Å². The van der Waals surface area contributed by atoms with E-state index >= 15 is 0 Å². The van der Waals surface area contributed by atoms with Gasteiger partial charge >= 0.3 is 65.5 Å². The molecular formula is C12H2Cl3F23Si. The molecule has 0 radical (unpaired) electrons. The zero-order valence-corrected chi connectivity index (χ0v) is 19.8. The van der Waals surface area contributed by atoms with Gasteiger partial charge in [-0.15, -0.1) is 33.2 Å². The Morgan fingerprint density at radius 3 is 0.744 bits per heavy atom. The van der Waals surface area contributed by atoms with Crippen LogP contribution in [0, 0.1) is 0 Å². The van der Waals surface area contributed by atoms with Crippen LogP contribution >= 0.6 is 33.2 Å². The van der Waals surface area contributed by atoms with Gasteiger partial charge in [-0.05, 0) is 0 Å². The summed E-state index contributed by atoms with van der Waals surface area (Å²) in [5.74, 6) is -79.9. The first-order chi connectivity index (χ1) is 16.2. The Kier molecular flexibility index (Phi) is 9.37. The van der Waals surface area contributed by atoms with Crippen LogP contribution in [-0.4, -0.2) is 71.0 Å². The third kappa shape index (κ3) is 5.17. The van der Waals surface area contributed by atoms with Crippen molar-refractivity contribution < 1.29 is 101 Å². The summed E-state index contributed by atoms with van der Waals surface area (Å²) >= 11 is 13.4. The van der Waals surface area contributed by atoms with Gasteiger partial charge in [-0.3, -0.25) is 0 Å². The second-order valence-corrected chi connectivity index (χ2v) is 15.7. The van der Waals surface area contributed by atoms with Crippen LogP contribution in [0.2, 0.25) is 0 Å². The Morgan fingerprint density at radius 2 is 0.538 bits per heavy atom. The van der Waals surface area contributed by atoms with Crippen molar-refractivity contribution in [3.05, 3.63) is 0 Å². The molecule has 0 atom stereocenters. The highest BCUT2D eigenvalue weighted by molar-refractivity contribution is 7.65. The maximum absolute atomic E-state index is 13.6. The predicted octanol–water partition coefficient (Wildman–Crippen LogP) is 9.49. The molecular weight excluding hydrogens is 716 g/mol. The van der Waals surface area contributed by atoms with Crippen molar-refractivity contribution in [3.8, 4) is 0 Å². The molecule has 0 aliphatic rings. The van der Waals surface area contributed by atoms with Crippen LogP contribution in [0.15, 0.2) is 0 Å². The molecule has 39 heavy (non-hydrogen) atoms. The molecule has 0 aliphatic carbocycles. The Labute approximate surface area is 212 Å². The Bertz CT molecular complexity index is 899. The van der Waals surface area contributed by atoms with Crippen LogP contribution in [-0.2, 0) is 0 Å².